The van der Waals surface area contributed by atoms with Crippen molar-refractivity contribution in [2.75, 3.05) is 0 Å². The highest BCUT2D eigenvalue weighted by atomic mass is 35.5. The first-order valence-electron chi connectivity index (χ1n) is 6.61. The standard InChI is InChI=1S/C16H12ClN3O/c17-12-3-1-4-13-15(12)11(9-19-13)16(14-5-2-8-21-14)20-7-6-18-10-20/h1-10,16,19H. The zero-order valence-electron chi connectivity index (χ0n) is 11.0. The molecule has 0 amide bonds. The second-order valence-electron chi connectivity index (χ2n) is 4.83. The second kappa shape index (κ2) is 4.82. The number of aromatic amines is 1. The van der Waals surface area contributed by atoms with Crippen LogP contribution in [-0.4, -0.2) is 14.5 Å². The van der Waals surface area contributed by atoms with Gasteiger partial charge in [-0.15, -0.1) is 0 Å². The molecule has 1 aromatic carbocycles. The number of hydrogen-bond donors (Lipinski definition) is 1. The Hall–Kier alpha value is -2.46. The number of nitrogens with zero attached hydrogens (tertiary/aromatic N) is 2. The third-order valence-corrected chi connectivity index (χ3v) is 3.93. The van der Waals surface area contributed by atoms with Crippen LogP contribution in [0.4, 0.5) is 0 Å². The summed E-state index contributed by atoms with van der Waals surface area (Å²) in [5.74, 6) is 0.841. The first-order chi connectivity index (χ1) is 10.3. The lowest BCUT2D eigenvalue weighted by Crippen LogP contribution is -2.09. The molecule has 0 radical (unpaired) electrons. The summed E-state index contributed by atoms with van der Waals surface area (Å²) in [6.07, 6.45) is 9.11. The molecule has 3 heterocycles. The first-order valence-corrected chi connectivity index (χ1v) is 6.99. The molecule has 0 aliphatic carbocycles. The van der Waals surface area contributed by atoms with E-state index in [-0.39, 0.29) is 6.04 Å². The van der Waals surface area contributed by atoms with Gasteiger partial charge in [0.2, 0.25) is 0 Å². The van der Waals surface area contributed by atoms with E-state index < -0.39 is 0 Å². The number of hydrogen-bond acceptors (Lipinski definition) is 2. The molecule has 0 aliphatic rings. The van der Waals surface area contributed by atoms with Crippen LogP contribution < -0.4 is 0 Å². The van der Waals surface area contributed by atoms with Crippen molar-refractivity contribution < 1.29 is 4.42 Å². The summed E-state index contributed by atoms with van der Waals surface area (Å²) in [6, 6.07) is 9.59. The fourth-order valence-corrected chi connectivity index (χ4v) is 2.99. The highest BCUT2D eigenvalue weighted by Crippen LogP contribution is 2.35. The maximum atomic E-state index is 6.39. The van der Waals surface area contributed by atoms with Gasteiger partial charge in [-0.05, 0) is 24.3 Å². The molecule has 21 heavy (non-hydrogen) atoms. The van der Waals surface area contributed by atoms with Gasteiger partial charge < -0.3 is 14.0 Å². The maximum Gasteiger partial charge on any atom is 0.131 e. The van der Waals surface area contributed by atoms with Gasteiger partial charge in [0, 0.05) is 35.1 Å². The molecule has 5 heteroatoms. The van der Waals surface area contributed by atoms with Gasteiger partial charge in [-0.25, -0.2) is 4.98 Å². The molecule has 1 N–H and O–H groups in total. The number of aromatic nitrogens is 3. The van der Waals surface area contributed by atoms with Crippen molar-refractivity contribution in [2.24, 2.45) is 0 Å². The van der Waals surface area contributed by atoms with Crippen molar-refractivity contribution in [3.8, 4) is 0 Å². The number of H-pyrrole nitrogens is 1. The van der Waals surface area contributed by atoms with Crippen LogP contribution in [0.2, 0.25) is 5.02 Å². The topological polar surface area (TPSA) is 46.8 Å². The number of fused-ring (bicyclic) bond motifs is 1. The molecular weight excluding hydrogens is 286 g/mol. The second-order valence-corrected chi connectivity index (χ2v) is 5.24. The Labute approximate surface area is 126 Å². The Morgan fingerprint density at radius 3 is 2.95 bits per heavy atom. The monoisotopic (exact) mass is 297 g/mol. The summed E-state index contributed by atoms with van der Waals surface area (Å²) in [5.41, 5.74) is 2.07. The zero-order chi connectivity index (χ0) is 14.2. The van der Waals surface area contributed by atoms with Crippen LogP contribution in [0.5, 0.6) is 0 Å². The van der Waals surface area contributed by atoms with Crippen molar-refractivity contribution in [2.45, 2.75) is 6.04 Å². The zero-order valence-corrected chi connectivity index (χ0v) is 11.8. The van der Waals surface area contributed by atoms with Crippen LogP contribution in [0.3, 0.4) is 0 Å². The summed E-state index contributed by atoms with van der Waals surface area (Å²) in [7, 11) is 0. The fourth-order valence-electron chi connectivity index (χ4n) is 2.71. The van der Waals surface area contributed by atoms with Crippen LogP contribution in [0.25, 0.3) is 10.9 Å². The fraction of sp³-hybridized carbons (Fsp3) is 0.0625. The Kier molecular flexibility index (Phi) is 2.82. The Morgan fingerprint density at radius 1 is 1.24 bits per heavy atom. The molecule has 4 aromatic rings. The van der Waals surface area contributed by atoms with Crippen molar-refractivity contribution in [1.82, 2.24) is 14.5 Å². The molecule has 3 aromatic heterocycles. The molecule has 0 aliphatic heterocycles. The minimum atomic E-state index is -0.101. The molecule has 0 fully saturated rings. The van der Waals surface area contributed by atoms with E-state index in [1.807, 2.05) is 47.3 Å². The molecular formula is C16H12ClN3O. The molecule has 1 atom stereocenters. The molecule has 0 spiro atoms. The van der Waals surface area contributed by atoms with Crippen LogP contribution in [0, 0.1) is 0 Å². The third-order valence-electron chi connectivity index (χ3n) is 3.62. The lowest BCUT2D eigenvalue weighted by atomic mass is 10.0. The summed E-state index contributed by atoms with van der Waals surface area (Å²) in [5, 5.41) is 1.73. The minimum absolute atomic E-state index is 0.101. The highest BCUT2D eigenvalue weighted by Gasteiger charge is 2.23. The van der Waals surface area contributed by atoms with Crippen LogP contribution >= 0.6 is 11.6 Å². The van der Waals surface area contributed by atoms with Crippen LogP contribution in [0.15, 0.2) is 65.9 Å². The van der Waals surface area contributed by atoms with E-state index in [4.69, 9.17) is 16.0 Å². The van der Waals surface area contributed by atoms with E-state index >= 15 is 0 Å². The average Bonchev–Trinajstić information content (AvgIpc) is 3.21. The molecule has 0 saturated carbocycles. The number of rotatable bonds is 3. The quantitative estimate of drug-likeness (QED) is 0.614. The Balaban J connectivity index is 1.98. The van der Waals surface area contributed by atoms with Crippen molar-refractivity contribution in [3.63, 3.8) is 0 Å². The molecule has 4 rings (SSSR count). The summed E-state index contributed by atoms with van der Waals surface area (Å²) in [4.78, 5) is 7.42. The summed E-state index contributed by atoms with van der Waals surface area (Å²) < 4.78 is 7.63. The van der Waals surface area contributed by atoms with E-state index in [0.29, 0.717) is 0 Å². The molecule has 4 nitrogen and oxygen atoms in total. The average molecular weight is 298 g/mol. The number of furan rings is 1. The van der Waals surface area contributed by atoms with Gasteiger partial charge in [0.15, 0.2) is 0 Å². The Morgan fingerprint density at radius 2 is 2.19 bits per heavy atom. The normalized spacial score (nSPS) is 12.8. The number of imidazole rings is 1. The predicted molar refractivity (Wildman–Crippen MR) is 81.5 cm³/mol. The molecule has 0 saturated heterocycles. The van der Waals surface area contributed by atoms with E-state index in [2.05, 4.69) is 9.97 Å². The van der Waals surface area contributed by atoms with Gasteiger partial charge >= 0.3 is 0 Å². The minimum Gasteiger partial charge on any atom is -0.467 e. The van der Waals surface area contributed by atoms with Crippen molar-refractivity contribution in [1.29, 1.82) is 0 Å². The lowest BCUT2D eigenvalue weighted by molar-refractivity contribution is 0.461. The van der Waals surface area contributed by atoms with Gasteiger partial charge in [-0.1, -0.05) is 17.7 Å². The largest absolute Gasteiger partial charge is 0.467 e. The van der Waals surface area contributed by atoms with Gasteiger partial charge in [0.05, 0.1) is 17.6 Å². The Bertz CT molecular complexity index is 828. The van der Waals surface area contributed by atoms with Crippen molar-refractivity contribution in [3.05, 3.63) is 77.9 Å². The molecule has 1 unspecified atom stereocenters. The van der Waals surface area contributed by atoms with E-state index in [0.717, 1.165) is 27.2 Å². The van der Waals surface area contributed by atoms with Crippen molar-refractivity contribution >= 4 is 22.5 Å². The SMILES string of the molecule is Clc1cccc2[nH]cc(C(c3ccco3)n3ccnc3)c12. The summed E-state index contributed by atoms with van der Waals surface area (Å²) >= 11 is 6.39. The van der Waals surface area contributed by atoms with E-state index in [1.165, 1.54) is 0 Å². The maximum absolute atomic E-state index is 6.39. The van der Waals surface area contributed by atoms with Gasteiger partial charge in [-0.3, -0.25) is 0 Å². The van der Waals surface area contributed by atoms with E-state index in [1.54, 1.807) is 18.8 Å². The summed E-state index contributed by atoms with van der Waals surface area (Å²) in [6.45, 7) is 0. The third kappa shape index (κ3) is 1.96. The first kappa shape index (κ1) is 12.3. The predicted octanol–water partition coefficient (Wildman–Crippen LogP) is 4.25. The van der Waals surface area contributed by atoms with Crippen LogP contribution in [0.1, 0.15) is 17.4 Å². The number of halogens is 1. The van der Waals surface area contributed by atoms with Crippen LogP contribution in [-0.2, 0) is 0 Å². The van der Waals surface area contributed by atoms with Gasteiger partial charge in [-0.2, -0.15) is 0 Å². The smallest absolute Gasteiger partial charge is 0.131 e. The van der Waals surface area contributed by atoms with E-state index in [9.17, 15) is 0 Å². The van der Waals surface area contributed by atoms with Gasteiger partial charge in [0.1, 0.15) is 11.8 Å². The number of benzene rings is 1. The molecule has 104 valence electrons. The molecule has 0 bridgehead atoms. The highest BCUT2D eigenvalue weighted by molar-refractivity contribution is 6.35. The number of nitrogens with one attached hydrogen (secondary N) is 1. The van der Waals surface area contributed by atoms with Gasteiger partial charge in [0.25, 0.3) is 0 Å². The lowest BCUT2D eigenvalue weighted by Gasteiger charge is -2.16.